The summed E-state index contributed by atoms with van der Waals surface area (Å²) < 4.78 is 20.9. The number of methoxy groups -OCH3 is 2. The van der Waals surface area contributed by atoms with Crippen LogP contribution in [0.1, 0.15) is 21.5 Å². The lowest BCUT2D eigenvalue weighted by Crippen LogP contribution is -2.12. The quantitative estimate of drug-likeness (QED) is 0.492. The average molecular weight is 424 g/mol. The van der Waals surface area contributed by atoms with E-state index in [1.807, 2.05) is 13.0 Å². The number of benzene rings is 1. The fraction of sp³-hybridized carbons (Fsp3) is 0.357. The van der Waals surface area contributed by atoms with E-state index in [-0.39, 0.29) is 13.6 Å². The first kappa shape index (κ1) is 18.2. The lowest BCUT2D eigenvalue weighted by atomic mass is 10.0. The number of carbonyl (C=O) groups excluding carboxylic acids is 1. The number of esters is 1. The van der Waals surface area contributed by atoms with Crippen LogP contribution in [0, 0.1) is 6.92 Å². The van der Waals surface area contributed by atoms with E-state index in [2.05, 4.69) is 31.9 Å². The van der Waals surface area contributed by atoms with Gasteiger partial charge in [0.05, 0.1) is 3.39 Å². The highest BCUT2D eigenvalue weighted by molar-refractivity contribution is 9.28. The largest absolute Gasteiger partial charge is 0.466 e. The molecule has 116 valence electrons. The highest BCUT2D eigenvalue weighted by atomic mass is 79.9. The molecular formula is C14H16Br2O5. The summed E-state index contributed by atoms with van der Waals surface area (Å²) in [5.74, 6) is -0.132. The molecule has 0 aromatic heterocycles. The van der Waals surface area contributed by atoms with Gasteiger partial charge < -0.3 is 18.9 Å². The van der Waals surface area contributed by atoms with Crippen molar-refractivity contribution in [2.75, 3.05) is 27.8 Å². The van der Waals surface area contributed by atoms with Crippen LogP contribution in [-0.4, -0.2) is 33.8 Å². The molecule has 1 aromatic rings. The molecule has 5 nitrogen and oxygen atoms in total. The van der Waals surface area contributed by atoms with Crippen LogP contribution < -0.4 is 4.74 Å². The highest BCUT2D eigenvalue weighted by Crippen LogP contribution is 2.31. The summed E-state index contributed by atoms with van der Waals surface area (Å²) in [6.45, 7) is 1.78. The molecule has 1 rings (SSSR count). The Labute approximate surface area is 140 Å². The van der Waals surface area contributed by atoms with Gasteiger partial charge in [-0.25, -0.2) is 4.79 Å². The SMILES string of the molecule is COCOC(=O)c1cc(C)cc(C=C(Br)Br)c1OCOC. The van der Waals surface area contributed by atoms with Gasteiger partial charge in [-0.15, -0.1) is 0 Å². The van der Waals surface area contributed by atoms with Gasteiger partial charge in [0.2, 0.25) is 0 Å². The van der Waals surface area contributed by atoms with Gasteiger partial charge in [-0.2, -0.15) is 0 Å². The van der Waals surface area contributed by atoms with Crippen LogP contribution >= 0.6 is 31.9 Å². The van der Waals surface area contributed by atoms with Crippen molar-refractivity contribution >= 4 is 43.9 Å². The van der Waals surface area contributed by atoms with Gasteiger partial charge >= 0.3 is 5.97 Å². The summed E-state index contributed by atoms with van der Waals surface area (Å²) in [4.78, 5) is 12.1. The maximum atomic E-state index is 12.1. The van der Waals surface area contributed by atoms with Crippen LogP contribution in [0.3, 0.4) is 0 Å². The first-order chi connectivity index (χ1) is 9.99. The van der Waals surface area contributed by atoms with Crippen molar-refractivity contribution in [3.8, 4) is 5.75 Å². The van der Waals surface area contributed by atoms with E-state index in [9.17, 15) is 4.79 Å². The zero-order valence-electron chi connectivity index (χ0n) is 11.9. The predicted octanol–water partition coefficient (Wildman–Crippen LogP) is 3.83. The second-order valence-electron chi connectivity index (χ2n) is 4.05. The molecule has 0 saturated heterocycles. The van der Waals surface area contributed by atoms with Gasteiger partial charge in [-0.05, 0) is 62.6 Å². The third kappa shape index (κ3) is 5.78. The molecular weight excluding hydrogens is 408 g/mol. The molecule has 0 aliphatic carbocycles. The Morgan fingerprint density at radius 3 is 2.43 bits per heavy atom. The van der Waals surface area contributed by atoms with Crippen molar-refractivity contribution in [2.45, 2.75) is 6.92 Å². The molecule has 0 spiro atoms. The van der Waals surface area contributed by atoms with Gasteiger partial charge in [-0.3, -0.25) is 0 Å². The molecule has 0 saturated carbocycles. The number of ether oxygens (including phenoxy) is 4. The molecule has 0 aliphatic rings. The summed E-state index contributed by atoms with van der Waals surface area (Å²) >= 11 is 6.59. The van der Waals surface area contributed by atoms with Crippen molar-refractivity contribution in [3.63, 3.8) is 0 Å². The molecule has 7 heteroatoms. The summed E-state index contributed by atoms with van der Waals surface area (Å²) in [7, 11) is 2.95. The van der Waals surface area contributed by atoms with E-state index in [1.165, 1.54) is 14.2 Å². The molecule has 0 bridgehead atoms. The molecule has 1 aromatic carbocycles. The molecule has 0 heterocycles. The van der Waals surface area contributed by atoms with Crippen molar-refractivity contribution in [2.24, 2.45) is 0 Å². The Bertz CT molecular complexity index is 524. The fourth-order valence-electron chi connectivity index (χ4n) is 1.65. The molecule has 21 heavy (non-hydrogen) atoms. The van der Waals surface area contributed by atoms with Crippen molar-refractivity contribution in [3.05, 3.63) is 32.2 Å². The number of aryl methyl sites for hydroxylation is 1. The Kier molecular flexibility index (Phi) is 7.95. The topological polar surface area (TPSA) is 54.0 Å². The lowest BCUT2D eigenvalue weighted by Gasteiger charge is -2.14. The monoisotopic (exact) mass is 422 g/mol. The number of carbonyl (C=O) groups is 1. The number of halogens is 2. The van der Waals surface area contributed by atoms with E-state index in [1.54, 1.807) is 12.1 Å². The van der Waals surface area contributed by atoms with Crippen LogP contribution in [0.2, 0.25) is 0 Å². The maximum absolute atomic E-state index is 12.1. The van der Waals surface area contributed by atoms with Crippen LogP contribution in [0.5, 0.6) is 5.75 Å². The van der Waals surface area contributed by atoms with E-state index < -0.39 is 5.97 Å². The summed E-state index contributed by atoms with van der Waals surface area (Å²) in [5, 5.41) is 0. The van der Waals surface area contributed by atoms with E-state index in [0.29, 0.717) is 11.3 Å². The van der Waals surface area contributed by atoms with Crippen molar-refractivity contribution in [1.82, 2.24) is 0 Å². The minimum atomic E-state index is -0.521. The van der Waals surface area contributed by atoms with Crippen molar-refractivity contribution < 1.29 is 23.7 Å². The average Bonchev–Trinajstić information content (AvgIpc) is 2.42. The molecule has 0 aliphatic heterocycles. The normalized spacial score (nSPS) is 10.1. The third-order valence-corrected chi connectivity index (χ3v) is 2.83. The summed E-state index contributed by atoms with van der Waals surface area (Å²) in [6.07, 6.45) is 1.78. The van der Waals surface area contributed by atoms with Gasteiger partial charge in [0, 0.05) is 19.8 Å². The molecule has 0 amide bonds. The molecule has 0 unspecified atom stereocenters. The summed E-state index contributed by atoms with van der Waals surface area (Å²) in [6, 6.07) is 3.59. The minimum absolute atomic E-state index is 0.0222. The Morgan fingerprint density at radius 2 is 1.86 bits per heavy atom. The van der Waals surface area contributed by atoms with Gasteiger partial charge in [0.15, 0.2) is 13.6 Å². The van der Waals surface area contributed by atoms with E-state index in [4.69, 9.17) is 18.9 Å². The third-order valence-electron chi connectivity index (χ3n) is 2.38. The highest BCUT2D eigenvalue weighted by Gasteiger charge is 2.18. The maximum Gasteiger partial charge on any atom is 0.344 e. The lowest BCUT2D eigenvalue weighted by molar-refractivity contribution is -0.0132. The first-order valence-electron chi connectivity index (χ1n) is 5.94. The standard InChI is InChI=1S/C14H16Br2O5/c1-9-4-10(6-12(15)16)13(20-7-18-2)11(5-9)14(17)21-8-19-3/h4-6H,7-8H2,1-3H3. The fourth-order valence-corrected chi connectivity index (χ4v) is 2.14. The van der Waals surface area contributed by atoms with Crippen molar-refractivity contribution in [1.29, 1.82) is 0 Å². The van der Waals surface area contributed by atoms with Gasteiger partial charge in [0.25, 0.3) is 0 Å². The zero-order chi connectivity index (χ0) is 15.8. The van der Waals surface area contributed by atoms with Crippen LogP contribution in [0.4, 0.5) is 0 Å². The second kappa shape index (κ2) is 9.19. The predicted molar refractivity (Wildman–Crippen MR) is 86.8 cm³/mol. The molecule has 0 radical (unpaired) electrons. The second-order valence-corrected chi connectivity index (χ2v) is 6.83. The van der Waals surface area contributed by atoms with Crippen LogP contribution in [-0.2, 0) is 14.2 Å². The van der Waals surface area contributed by atoms with Crippen LogP contribution in [0.15, 0.2) is 15.5 Å². The first-order valence-corrected chi connectivity index (χ1v) is 7.53. The smallest absolute Gasteiger partial charge is 0.344 e. The molecule has 0 fully saturated rings. The van der Waals surface area contributed by atoms with Gasteiger partial charge in [-0.1, -0.05) is 0 Å². The van der Waals surface area contributed by atoms with Crippen LogP contribution in [0.25, 0.3) is 6.08 Å². The molecule has 0 atom stereocenters. The Morgan fingerprint density at radius 1 is 1.19 bits per heavy atom. The van der Waals surface area contributed by atoms with E-state index >= 15 is 0 Å². The van der Waals surface area contributed by atoms with Gasteiger partial charge in [0.1, 0.15) is 11.3 Å². The number of hydrogen-bond donors (Lipinski definition) is 0. The molecule has 0 N–H and O–H groups in total. The Balaban J connectivity index is 3.28. The Hall–Kier alpha value is -0.890. The van der Waals surface area contributed by atoms with E-state index in [0.717, 1.165) is 14.5 Å². The minimum Gasteiger partial charge on any atom is -0.466 e. The zero-order valence-corrected chi connectivity index (χ0v) is 15.1. The number of rotatable bonds is 7. The number of hydrogen-bond acceptors (Lipinski definition) is 5. The summed E-state index contributed by atoms with van der Waals surface area (Å²) in [5.41, 5.74) is 1.94.